The van der Waals surface area contributed by atoms with E-state index in [1.165, 1.54) is 38.5 Å². The van der Waals surface area contributed by atoms with Crippen molar-refractivity contribution in [1.82, 2.24) is 0 Å². The highest BCUT2D eigenvalue weighted by Gasteiger charge is 2.41. The summed E-state index contributed by atoms with van der Waals surface area (Å²) in [6.45, 7) is 14.8. The highest BCUT2D eigenvalue weighted by atomic mass is 28.4. The first-order chi connectivity index (χ1) is 14.1. The van der Waals surface area contributed by atoms with Crippen molar-refractivity contribution >= 4 is 8.32 Å². The highest BCUT2D eigenvalue weighted by Crippen LogP contribution is 2.40. The Balaban J connectivity index is 1.50. The lowest BCUT2D eigenvalue weighted by molar-refractivity contribution is -0.309. The first-order valence-corrected chi connectivity index (χ1v) is 15.7. The normalized spacial score (nSPS) is 31.6. The molecule has 0 aromatic carbocycles. The molecule has 3 fully saturated rings. The molecule has 2 aliphatic heterocycles. The molecule has 30 heavy (non-hydrogen) atoms. The lowest BCUT2D eigenvalue weighted by Crippen LogP contribution is -2.47. The lowest BCUT2D eigenvalue weighted by atomic mass is 9.91. The average molecular weight is 441 g/mol. The van der Waals surface area contributed by atoms with Crippen molar-refractivity contribution in [2.24, 2.45) is 0 Å². The minimum Gasteiger partial charge on any atom is -0.414 e. The summed E-state index contributed by atoms with van der Waals surface area (Å²) in [4.78, 5) is 0. The van der Waals surface area contributed by atoms with E-state index >= 15 is 0 Å². The molecule has 0 aromatic rings. The summed E-state index contributed by atoms with van der Waals surface area (Å²) in [7, 11) is -1.74. The molecule has 0 bridgehead atoms. The number of ether oxygens (including phenoxy) is 3. The van der Waals surface area contributed by atoms with Gasteiger partial charge in [-0.15, -0.1) is 0 Å². The zero-order valence-electron chi connectivity index (χ0n) is 20.6. The monoisotopic (exact) mass is 440 g/mol. The van der Waals surface area contributed by atoms with E-state index in [2.05, 4.69) is 40.8 Å². The van der Waals surface area contributed by atoms with Gasteiger partial charge >= 0.3 is 0 Å². The molecule has 0 radical (unpaired) electrons. The molecule has 2 saturated heterocycles. The Labute approximate surface area is 186 Å². The van der Waals surface area contributed by atoms with Crippen LogP contribution in [0, 0.1) is 0 Å². The van der Waals surface area contributed by atoms with Crippen LogP contribution in [-0.2, 0) is 18.6 Å². The smallest absolute Gasteiger partial charge is 0.192 e. The Hall–Kier alpha value is 0.0569. The minimum atomic E-state index is -1.74. The number of rotatable bonds is 7. The van der Waals surface area contributed by atoms with Crippen LogP contribution in [0.5, 0.6) is 0 Å². The Morgan fingerprint density at radius 2 is 1.67 bits per heavy atom. The van der Waals surface area contributed by atoms with Crippen molar-refractivity contribution in [1.29, 1.82) is 0 Å². The summed E-state index contributed by atoms with van der Waals surface area (Å²) in [5, 5.41) is 0.256. The van der Waals surface area contributed by atoms with Gasteiger partial charge in [-0.25, -0.2) is 0 Å². The average Bonchev–Trinajstić information content (AvgIpc) is 2.67. The van der Waals surface area contributed by atoms with Crippen LogP contribution < -0.4 is 0 Å². The minimum absolute atomic E-state index is 0.256. The van der Waals surface area contributed by atoms with Gasteiger partial charge in [-0.1, -0.05) is 34.1 Å². The summed E-state index contributed by atoms with van der Waals surface area (Å²) >= 11 is 0. The largest absolute Gasteiger partial charge is 0.414 e. The molecule has 0 N–H and O–H groups in total. The maximum Gasteiger partial charge on any atom is 0.192 e. The first-order valence-electron chi connectivity index (χ1n) is 12.8. The molecule has 4 atom stereocenters. The summed E-state index contributed by atoms with van der Waals surface area (Å²) in [6, 6.07) is 0. The Bertz CT molecular complexity index is 518. The van der Waals surface area contributed by atoms with Crippen LogP contribution >= 0.6 is 0 Å². The second kappa shape index (κ2) is 10.3. The molecule has 3 aliphatic rings. The van der Waals surface area contributed by atoms with Crippen molar-refractivity contribution in [3.05, 3.63) is 0 Å². The van der Waals surface area contributed by atoms with E-state index in [1.807, 2.05) is 0 Å². The third kappa shape index (κ3) is 6.54. The fourth-order valence-electron chi connectivity index (χ4n) is 5.10. The van der Waals surface area contributed by atoms with Gasteiger partial charge in [-0.3, -0.25) is 0 Å². The molecule has 1 spiro atoms. The summed E-state index contributed by atoms with van der Waals surface area (Å²) in [5.41, 5.74) is 0. The maximum absolute atomic E-state index is 6.73. The van der Waals surface area contributed by atoms with Crippen LogP contribution in [-0.4, -0.2) is 45.1 Å². The molecule has 0 aromatic heterocycles. The van der Waals surface area contributed by atoms with E-state index in [-0.39, 0.29) is 10.8 Å². The standard InChI is InChI=1S/C25H48O4Si/c1-7-20(29-30(5,6)24(2,3)4)18-21-12-11-13-22(27-21)19-23-14-17-26-25(28-23)15-9-8-10-16-25/h20-23H,7-19H2,1-6H3/t20-,21-,22+,23-/m0/s1. The molecule has 1 saturated carbocycles. The Morgan fingerprint density at radius 3 is 2.33 bits per heavy atom. The lowest BCUT2D eigenvalue weighted by Gasteiger charge is -2.45. The Kier molecular flexibility index (Phi) is 8.50. The molecular formula is C25H48O4Si. The highest BCUT2D eigenvalue weighted by molar-refractivity contribution is 6.74. The van der Waals surface area contributed by atoms with E-state index in [0.29, 0.717) is 24.4 Å². The van der Waals surface area contributed by atoms with Crippen LogP contribution in [0.1, 0.15) is 105 Å². The fraction of sp³-hybridized carbons (Fsp3) is 1.00. The topological polar surface area (TPSA) is 36.9 Å². The second-order valence-corrected chi connectivity index (χ2v) is 16.3. The molecule has 4 nitrogen and oxygen atoms in total. The van der Waals surface area contributed by atoms with Crippen molar-refractivity contribution in [3.8, 4) is 0 Å². The van der Waals surface area contributed by atoms with Crippen LogP contribution in [0.15, 0.2) is 0 Å². The van der Waals surface area contributed by atoms with Gasteiger partial charge in [-0.05, 0) is 75.9 Å². The zero-order valence-corrected chi connectivity index (χ0v) is 21.6. The molecule has 176 valence electrons. The van der Waals surface area contributed by atoms with Crippen LogP contribution in [0.3, 0.4) is 0 Å². The molecule has 0 unspecified atom stereocenters. The van der Waals surface area contributed by atoms with Gasteiger partial charge in [0.2, 0.25) is 0 Å². The second-order valence-electron chi connectivity index (χ2n) is 11.5. The van der Waals surface area contributed by atoms with Gasteiger partial charge in [0.05, 0.1) is 24.9 Å². The molecular weight excluding hydrogens is 392 g/mol. The van der Waals surface area contributed by atoms with Gasteiger partial charge in [0, 0.05) is 18.9 Å². The fourth-order valence-corrected chi connectivity index (χ4v) is 6.55. The molecule has 0 amide bonds. The summed E-state index contributed by atoms with van der Waals surface area (Å²) < 4.78 is 26.0. The number of hydrogen-bond donors (Lipinski definition) is 0. The van der Waals surface area contributed by atoms with Crippen LogP contribution in [0.2, 0.25) is 18.1 Å². The zero-order chi connectivity index (χ0) is 21.8. The molecule has 5 heteroatoms. The van der Waals surface area contributed by atoms with Gasteiger partial charge in [0.1, 0.15) is 0 Å². The van der Waals surface area contributed by atoms with Crippen molar-refractivity contribution in [2.45, 2.75) is 153 Å². The van der Waals surface area contributed by atoms with E-state index < -0.39 is 8.32 Å². The van der Waals surface area contributed by atoms with E-state index in [4.69, 9.17) is 18.6 Å². The van der Waals surface area contributed by atoms with Crippen LogP contribution in [0.25, 0.3) is 0 Å². The summed E-state index contributed by atoms with van der Waals surface area (Å²) in [6.07, 6.45) is 15.0. The third-order valence-corrected chi connectivity index (χ3v) is 12.5. The number of hydrogen-bond acceptors (Lipinski definition) is 4. The quantitative estimate of drug-likeness (QED) is 0.400. The van der Waals surface area contributed by atoms with Gasteiger partial charge in [0.25, 0.3) is 0 Å². The van der Waals surface area contributed by atoms with E-state index in [9.17, 15) is 0 Å². The van der Waals surface area contributed by atoms with Crippen molar-refractivity contribution in [3.63, 3.8) is 0 Å². The van der Waals surface area contributed by atoms with Gasteiger partial charge in [0.15, 0.2) is 14.1 Å². The third-order valence-electron chi connectivity index (χ3n) is 8.01. The van der Waals surface area contributed by atoms with Crippen molar-refractivity contribution in [2.75, 3.05) is 6.61 Å². The predicted molar refractivity (Wildman–Crippen MR) is 125 cm³/mol. The van der Waals surface area contributed by atoms with E-state index in [0.717, 1.165) is 45.1 Å². The molecule has 1 aliphatic carbocycles. The molecule has 3 rings (SSSR count). The van der Waals surface area contributed by atoms with Gasteiger partial charge in [-0.2, -0.15) is 0 Å². The van der Waals surface area contributed by atoms with E-state index in [1.54, 1.807) is 0 Å². The van der Waals surface area contributed by atoms with Crippen LogP contribution in [0.4, 0.5) is 0 Å². The van der Waals surface area contributed by atoms with Crippen molar-refractivity contribution < 1.29 is 18.6 Å². The Morgan fingerprint density at radius 1 is 0.967 bits per heavy atom. The molecule has 2 heterocycles. The van der Waals surface area contributed by atoms with Gasteiger partial charge < -0.3 is 18.6 Å². The SMILES string of the molecule is CC[C@@H](C[C@@H]1CCC[C@H](C[C@@H]2CCOC3(CCCCC3)O2)O1)O[Si](C)(C)C(C)(C)C. The first kappa shape index (κ1) is 24.7. The predicted octanol–water partition coefficient (Wildman–Crippen LogP) is 6.97. The maximum atomic E-state index is 6.73. The summed E-state index contributed by atoms with van der Waals surface area (Å²) in [5.74, 6) is -0.278.